The molecule has 0 aliphatic heterocycles. The van der Waals surface area contributed by atoms with Gasteiger partial charge in [-0.1, -0.05) is 25.5 Å². The van der Waals surface area contributed by atoms with Gasteiger partial charge in [-0.2, -0.15) is 5.26 Å². The van der Waals surface area contributed by atoms with E-state index in [0.717, 1.165) is 5.57 Å². The second-order valence-corrected chi connectivity index (χ2v) is 2.90. The first-order chi connectivity index (χ1) is 5.11. The summed E-state index contributed by atoms with van der Waals surface area (Å²) >= 11 is 0. The average Bonchev–Trinajstić information content (AvgIpc) is 1.99. The van der Waals surface area contributed by atoms with Gasteiger partial charge in [0.1, 0.15) is 0 Å². The van der Waals surface area contributed by atoms with Crippen molar-refractivity contribution in [3.63, 3.8) is 0 Å². The van der Waals surface area contributed by atoms with Gasteiger partial charge >= 0.3 is 0 Å². The van der Waals surface area contributed by atoms with Crippen molar-refractivity contribution in [2.24, 2.45) is 5.92 Å². The van der Waals surface area contributed by atoms with Crippen LogP contribution in [0.5, 0.6) is 0 Å². The lowest BCUT2D eigenvalue weighted by Crippen LogP contribution is -1.88. The molecule has 0 bridgehead atoms. The SMILES string of the molecule is C/C=C(C#N)\C=C(/C)C(C)C. The second-order valence-electron chi connectivity index (χ2n) is 2.90. The molecule has 1 nitrogen and oxygen atoms in total. The van der Waals surface area contributed by atoms with E-state index in [1.54, 1.807) is 0 Å². The van der Waals surface area contributed by atoms with Gasteiger partial charge in [0.15, 0.2) is 0 Å². The summed E-state index contributed by atoms with van der Waals surface area (Å²) in [6.07, 6.45) is 3.76. The third kappa shape index (κ3) is 3.62. The molecule has 0 heterocycles. The Morgan fingerprint density at radius 1 is 1.45 bits per heavy atom. The monoisotopic (exact) mass is 149 g/mol. The number of hydrogen-bond donors (Lipinski definition) is 0. The fourth-order valence-corrected chi connectivity index (χ4v) is 0.592. The van der Waals surface area contributed by atoms with Crippen LogP contribution in [0.2, 0.25) is 0 Å². The summed E-state index contributed by atoms with van der Waals surface area (Å²) in [4.78, 5) is 0. The van der Waals surface area contributed by atoms with Crippen LogP contribution in [-0.2, 0) is 0 Å². The molecule has 0 aromatic rings. The molecule has 0 radical (unpaired) electrons. The quantitative estimate of drug-likeness (QED) is 0.437. The lowest BCUT2D eigenvalue weighted by Gasteiger charge is -2.02. The number of rotatable bonds is 2. The van der Waals surface area contributed by atoms with Gasteiger partial charge in [0.05, 0.1) is 6.07 Å². The third-order valence-electron chi connectivity index (χ3n) is 1.73. The minimum Gasteiger partial charge on any atom is -0.192 e. The molecule has 0 N–H and O–H groups in total. The Morgan fingerprint density at radius 2 is 2.00 bits per heavy atom. The van der Waals surface area contributed by atoms with Crippen molar-refractivity contribution in [3.05, 3.63) is 23.3 Å². The van der Waals surface area contributed by atoms with Crippen molar-refractivity contribution in [1.29, 1.82) is 5.26 Å². The van der Waals surface area contributed by atoms with Crippen molar-refractivity contribution >= 4 is 0 Å². The Bertz CT molecular complexity index is 214. The van der Waals surface area contributed by atoms with E-state index >= 15 is 0 Å². The fourth-order valence-electron chi connectivity index (χ4n) is 0.592. The molecular formula is C10H15N. The van der Waals surface area contributed by atoms with Crippen molar-refractivity contribution in [3.8, 4) is 6.07 Å². The van der Waals surface area contributed by atoms with E-state index in [0.29, 0.717) is 5.92 Å². The van der Waals surface area contributed by atoms with Gasteiger partial charge in [0, 0.05) is 5.57 Å². The van der Waals surface area contributed by atoms with E-state index < -0.39 is 0 Å². The normalized spacial score (nSPS) is 13.5. The van der Waals surface area contributed by atoms with Gasteiger partial charge in [-0.05, 0) is 25.8 Å². The zero-order valence-electron chi connectivity index (χ0n) is 7.68. The summed E-state index contributed by atoms with van der Waals surface area (Å²) in [5, 5.41) is 8.59. The summed E-state index contributed by atoms with van der Waals surface area (Å²) < 4.78 is 0. The van der Waals surface area contributed by atoms with Crippen LogP contribution in [0.1, 0.15) is 27.7 Å². The molecule has 0 saturated heterocycles. The van der Waals surface area contributed by atoms with E-state index in [4.69, 9.17) is 5.26 Å². The predicted octanol–water partition coefficient (Wildman–Crippen LogP) is 3.06. The molecule has 60 valence electrons. The molecule has 0 fully saturated rings. The van der Waals surface area contributed by atoms with Crippen molar-refractivity contribution in [1.82, 2.24) is 0 Å². The van der Waals surface area contributed by atoms with Gasteiger partial charge in [0.2, 0.25) is 0 Å². The van der Waals surface area contributed by atoms with Crippen LogP contribution in [0.3, 0.4) is 0 Å². The topological polar surface area (TPSA) is 23.8 Å². The van der Waals surface area contributed by atoms with Gasteiger partial charge in [-0.15, -0.1) is 0 Å². The number of allylic oxidation sites excluding steroid dienone is 4. The standard InChI is InChI=1S/C10H15N/c1-5-10(7-11)6-9(4)8(2)3/h5-6,8H,1-4H3/b9-6+,10-5+. The van der Waals surface area contributed by atoms with Crippen molar-refractivity contribution in [2.75, 3.05) is 0 Å². The van der Waals surface area contributed by atoms with E-state index in [1.807, 2.05) is 26.0 Å². The maximum absolute atomic E-state index is 8.59. The molecule has 0 saturated carbocycles. The highest BCUT2D eigenvalue weighted by Gasteiger charge is 1.96. The first kappa shape index (κ1) is 9.97. The summed E-state index contributed by atoms with van der Waals surface area (Å²) in [7, 11) is 0. The molecule has 0 aromatic carbocycles. The van der Waals surface area contributed by atoms with E-state index in [2.05, 4.69) is 19.9 Å². The summed E-state index contributed by atoms with van der Waals surface area (Å²) in [5.74, 6) is 0.526. The minimum atomic E-state index is 0.526. The number of hydrogen-bond acceptors (Lipinski definition) is 1. The van der Waals surface area contributed by atoms with Crippen LogP contribution >= 0.6 is 0 Å². The molecule has 11 heavy (non-hydrogen) atoms. The number of nitrogens with zero attached hydrogens (tertiary/aromatic N) is 1. The molecular weight excluding hydrogens is 134 g/mol. The van der Waals surface area contributed by atoms with Gasteiger partial charge in [-0.25, -0.2) is 0 Å². The molecule has 0 amide bonds. The van der Waals surface area contributed by atoms with Crippen LogP contribution in [0.25, 0.3) is 0 Å². The Morgan fingerprint density at radius 3 is 2.27 bits per heavy atom. The van der Waals surface area contributed by atoms with Crippen LogP contribution in [0, 0.1) is 17.2 Å². The van der Waals surface area contributed by atoms with Gasteiger partial charge < -0.3 is 0 Å². The zero-order valence-corrected chi connectivity index (χ0v) is 7.68. The van der Waals surface area contributed by atoms with Crippen LogP contribution in [0.15, 0.2) is 23.3 Å². The predicted molar refractivity (Wildman–Crippen MR) is 48.0 cm³/mol. The zero-order chi connectivity index (χ0) is 8.85. The summed E-state index contributed by atoms with van der Waals surface area (Å²) in [6, 6.07) is 2.12. The largest absolute Gasteiger partial charge is 0.192 e. The Balaban J connectivity index is 4.44. The highest BCUT2D eigenvalue weighted by atomic mass is 14.2. The smallest absolute Gasteiger partial charge is 0.0988 e. The van der Waals surface area contributed by atoms with Crippen molar-refractivity contribution < 1.29 is 0 Å². The molecule has 0 aliphatic carbocycles. The molecule has 0 spiro atoms. The lowest BCUT2D eigenvalue weighted by atomic mass is 10.0. The van der Waals surface area contributed by atoms with Gasteiger partial charge in [-0.3, -0.25) is 0 Å². The fraction of sp³-hybridized carbons (Fsp3) is 0.500. The third-order valence-corrected chi connectivity index (χ3v) is 1.73. The minimum absolute atomic E-state index is 0.526. The Labute approximate surface area is 69.0 Å². The van der Waals surface area contributed by atoms with E-state index in [-0.39, 0.29) is 0 Å². The molecule has 0 atom stereocenters. The van der Waals surface area contributed by atoms with Crippen LogP contribution in [-0.4, -0.2) is 0 Å². The van der Waals surface area contributed by atoms with Gasteiger partial charge in [0.25, 0.3) is 0 Å². The van der Waals surface area contributed by atoms with Crippen molar-refractivity contribution in [2.45, 2.75) is 27.7 Å². The molecule has 0 unspecified atom stereocenters. The first-order valence-electron chi connectivity index (χ1n) is 3.86. The highest BCUT2D eigenvalue weighted by molar-refractivity contribution is 5.34. The average molecular weight is 149 g/mol. The van der Waals surface area contributed by atoms with Crippen LogP contribution < -0.4 is 0 Å². The molecule has 1 heteroatoms. The molecule has 0 rings (SSSR count). The first-order valence-corrected chi connectivity index (χ1v) is 3.86. The maximum Gasteiger partial charge on any atom is 0.0988 e. The van der Waals surface area contributed by atoms with E-state index in [9.17, 15) is 0 Å². The Hall–Kier alpha value is -1.03. The highest BCUT2D eigenvalue weighted by Crippen LogP contribution is 2.10. The molecule has 0 aromatic heterocycles. The molecule has 0 aliphatic rings. The summed E-state index contributed by atoms with van der Waals surface area (Å²) in [5.41, 5.74) is 2.00. The second kappa shape index (κ2) is 4.73. The maximum atomic E-state index is 8.59. The number of nitriles is 1. The summed E-state index contributed by atoms with van der Waals surface area (Å²) in [6.45, 7) is 8.17. The lowest BCUT2D eigenvalue weighted by molar-refractivity contribution is 0.769. The Kier molecular flexibility index (Phi) is 4.29. The van der Waals surface area contributed by atoms with E-state index in [1.165, 1.54) is 5.57 Å². The van der Waals surface area contributed by atoms with Crippen LogP contribution in [0.4, 0.5) is 0 Å².